The number of ketones is 1. The average Bonchev–Trinajstić information content (AvgIpc) is 2.58. The minimum absolute atomic E-state index is 0.0834. The Bertz CT molecular complexity index is 773. The molecule has 7 heteroatoms. The molecule has 0 fully saturated rings. The molecule has 0 saturated heterocycles. The molecule has 0 N–H and O–H groups in total. The van der Waals surface area contributed by atoms with E-state index >= 15 is 0 Å². The smallest absolute Gasteiger partial charge is 0.341 e. The first-order valence-electron chi connectivity index (χ1n) is 7.40. The van der Waals surface area contributed by atoms with Gasteiger partial charge >= 0.3 is 6.18 Å². The normalized spacial score (nSPS) is 11.2. The van der Waals surface area contributed by atoms with E-state index in [2.05, 4.69) is 15.9 Å². The van der Waals surface area contributed by atoms with Crippen LogP contribution in [0, 0.1) is 0 Å². The molecule has 0 radical (unpaired) electrons. The van der Waals surface area contributed by atoms with E-state index in [0.29, 0.717) is 5.56 Å². The number of hydrogen-bond acceptors (Lipinski definition) is 2. The van der Waals surface area contributed by atoms with Crippen LogP contribution in [0.1, 0.15) is 32.7 Å². The van der Waals surface area contributed by atoms with Gasteiger partial charge in [-0.05, 0) is 30.3 Å². The predicted octanol–water partition coefficient (Wildman–Crippen LogP) is 4.70. The van der Waals surface area contributed by atoms with Crippen molar-refractivity contribution in [3.63, 3.8) is 0 Å². The maximum Gasteiger partial charge on any atom is 0.390 e. The number of hydrogen-bond donors (Lipinski definition) is 0. The molecule has 0 unspecified atom stereocenters. The molecular formula is C18H15BrF3NO2. The Balaban J connectivity index is 2.26. The van der Waals surface area contributed by atoms with Gasteiger partial charge in [0.15, 0.2) is 5.78 Å². The first-order valence-corrected chi connectivity index (χ1v) is 8.20. The van der Waals surface area contributed by atoms with Gasteiger partial charge in [-0.2, -0.15) is 13.2 Å². The van der Waals surface area contributed by atoms with Gasteiger partial charge in [0.1, 0.15) is 0 Å². The van der Waals surface area contributed by atoms with Gasteiger partial charge in [0, 0.05) is 29.2 Å². The van der Waals surface area contributed by atoms with Crippen molar-refractivity contribution in [2.45, 2.75) is 12.6 Å². The molecule has 2 aromatic carbocycles. The third kappa shape index (κ3) is 5.16. The van der Waals surface area contributed by atoms with Crippen molar-refractivity contribution in [1.82, 2.24) is 4.90 Å². The van der Waals surface area contributed by atoms with Crippen LogP contribution in [0.5, 0.6) is 0 Å². The quantitative estimate of drug-likeness (QED) is 0.665. The summed E-state index contributed by atoms with van der Waals surface area (Å²) in [6, 6.07) is 12.7. The van der Waals surface area contributed by atoms with Crippen LogP contribution in [0.15, 0.2) is 53.0 Å². The van der Waals surface area contributed by atoms with Gasteiger partial charge in [-0.3, -0.25) is 9.59 Å². The topological polar surface area (TPSA) is 37.4 Å². The summed E-state index contributed by atoms with van der Waals surface area (Å²) < 4.78 is 37.8. The molecule has 0 spiro atoms. The van der Waals surface area contributed by atoms with Crippen LogP contribution in [0.4, 0.5) is 13.2 Å². The van der Waals surface area contributed by atoms with Crippen molar-refractivity contribution in [2.75, 3.05) is 13.6 Å². The molecule has 0 bridgehead atoms. The van der Waals surface area contributed by atoms with Crippen molar-refractivity contribution in [3.05, 3.63) is 69.7 Å². The largest absolute Gasteiger partial charge is 0.390 e. The zero-order chi connectivity index (χ0) is 18.6. The van der Waals surface area contributed by atoms with Crippen LogP contribution in [0.25, 0.3) is 0 Å². The summed E-state index contributed by atoms with van der Waals surface area (Å²) in [6.07, 6.45) is -5.45. The van der Waals surface area contributed by atoms with Gasteiger partial charge in [-0.1, -0.05) is 34.1 Å². The molecule has 3 nitrogen and oxygen atoms in total. The fourth-order valence-corrected chi connectivity index (χ4v) is 2.49. The highest BCUT2D eigenvalue weighted by Gasteiger charge is 2.29. The molecule has 2 rings (SSSR count). The lowest BCUT2D eigenvalue weighted by atomic mass is 9.97. The van der Waals surface area contributed by atoms with E-state index in [-0.39, 0.29) is 16.9 Å². The third-order valence-electron chi connectivity index (χ3n) is 3.59. The number of alkyl halides is 3. The Kier molecular flexibility index (Phi) is 6.00. The summed E-state index contributed by atoms with van der Waals surface area (Å²) in [5.41, 5.74) is 0.634. The maximum atomic E-state index is 12.7. The second-order valence-electron chi connectivity index (χ2n) is 5.47. The number of nitrogens with zero attached hydrogens (tertiary/aromatic N) is 1. The maximum absolute atomic E-state index is 12.7. The number of carbonyl (C=O) groups excluding carboxylic acids is 2. The summed E-state index contributed by atoms with van der Waals surface area (Å²) in [7, 11) is 1.29. The van der Waals surface area contributed by atoms with Crippen molar-refractivity contribution in [1.29, 1.82) is 0 Å². The van der Waals surface area contributed by atoms with Crippen LogP contribution in [0.2, 0.25) is 0 Å². The average molecular weight is 414 g/mol. The number of amides is 1. The third-order valence-corrected chi connectivity index (χ3v) is 4.11. The summed E-state index contributed by atoms with van der Waals surface area (Å²) >= 11 is 3.28. The first-order chi connectivity index (χ1) is 11.7. The van der Waals surface area contributed by atoms with Crippen molar-refractivity contribution in [2.24, 2.45) is 0 Å². The fourth-order valence-electron chi connectivity index (χ4n) is 2.23. The highest BCUT2D eigenvalue weighted by Crippen LogP contribution is 2.21. The lowest BCUT2D eigenvalue weighted by Gasteiger charge is -2.19. The molecule has 2 aromatic rings. The Hall–Kier alpha value is -2.15. The second kappa shape index (κ2) is 7.82. The van der Waals surface area contributed by atoms with E-state index in [1.807, 2.05) is 0 Å². The number of carbonyl (C=O) groups is 2. The molecule has 0 atom stereocenters. The van der Waals surface area contributed by atoms with Crippen molar-refractivity contribution in [3.8, 4) is 0 Å². The molecule has 132 valence electrons. The summed E-state index contributed by atoms with van der Waals surface area (Å²) in [5.74, 6) is -0.981. The highest BCUT2D eigenvalue weighted by atomic mass is 79.9. The van der Waals surface area contributed by atoms with E-state index < -0.39 is 25.0 Å². The Morgan fingerprint density at radius 1 is 1.00 bits per heavy atom. The molecule has 0 aliphatic heterocycles. The number of benzene rings is 2. The van der Waals surface area contributed by atoms with Crippen molar-refractivity contribution >= 4 is 27.6 Å². The second-order valence-corrected chi connectivity index (χ2v) is 6.39. The van der Waals surface area contributed by atoms with Crippen LogP contribution in [0.3, 0.4) is 0 Å². The highest BCUT2D eigenvalue weighted by molar-refractivity contribution is 9.10. The van der Waals surface area contributed by atoms with Gasteiger partial charge in [0.2, 0.25) is 0 Å². The zero-order valence-corrected chi connectivity index (χ0v) is 14.9. The fraction of sp³-hybridized carbons (Fsp3) is 0.222. The van der Waals surface area contributed by atoms with Gasteiger partial charge in [-0.25, -0.2) is 0 Å². The Morgan fingerprint density at radius 3 is 2.12 bits per heavy atom. The zero-order valence-electron chi connectivity index (χ0n) is 13.3. The molecule has 0 heterocycles. The molecule has 25 heavy (non-hydrogen) atoms. The minimum Gasteiger partial charge on any atom is -0.341 e. The van der Waals surface area contributed by atoms with E-state index in [0.717, 1.165) is 9.37 Å². The van der Waals surface area contributed by atoms with E-state index in [9.17, 15) is 22.8 Å². The predicted molar refractivity (Wildman–Crippen MR) is 91.6 cm³/mol. The van der Waals surface area contributed by atoms with Gasteiger partial charge < -0.3 is 4.90 Å². The summed E-state index contributed by atoms with van der Waals surface area (Å²) in [4.78, 5) is 26.1. The SMILES string of the molecule is CN(CCC(F)(F)F)C(=O)c1ccccc1C(=O)c1ccc(Br)cc1. The van der Waals surface area contributed by atoms with Crippen LogP contribution >= 0.6 is 15.9 Å². The molecular weight excluding hydrogens is 399 g/mol. The van der Waals surface area contributed by atoms with Gasteiger partial charge in [0.05, 0.1) is 12.0 Å². The number of rotatable bonds is 5. The standard InChI is InChI=1S/C18H15BrF3NO2/c1-23(11-10-18(20,21)22)17(25)15-5-3-2-4-14(15)16(24)12-6-8-13(19)9-7-12/h2-9H,10-11H2,1H3. The van der Waals surface area contributed by atoms with E-state index in [1.165, 1.54) is 19.2 Å². The molecule has 1 amide bonds. The van der Waals surface area contributed by atoms with E-state index in [4.69, 9.17) is 0 Å². The lowest BCUT2D eigenvalue weighted by Crippen LogP contribution is -2.31. The number of halogens is 4. The van der Waals surface area contributed by atoms with E-state index in [1.54, 1.807) is 36.4 Å². The molecule has 0 aliphatic carbocycles. The van der Waals surface area contributed by atoms with Crippen LogP contribution < -0.4 is 0 Å². The Morgan fingerprint density at radius 2 is 1.56 bits per heavy atom. The summed E-state index contributed by atoms with van der Waals surface area (Å²) in [5, 5.41) is 0. The van der Waals surface area contributed by atoms with Crippen molar-refractivity contribution < 1.29 is 22.8 Å². The first kappa shape index (κ1) is 19.2. The van der Waals surface area contributed by atoms with Crippen LogP contribution in [-0.4, -0.2) is 36.4 Å². The van der Waals surface area contributed by atoms with Gasteiger partial charge in [0.25, 0.3) is 5.91 Å². The Labute approximate surface area is 151 Å². The monoisotopic (exact) mass is 413 g/mol. The van der Waals surface area contributed by atoms with Crippen LogP contribution in [-0.2, 0) is 0 Å². The molecule has 0 saturated carbocycles. The van der Waals surface area contributed by atoms with Gasteiger partial charge in [-0.15, -0.1) is 0 Å². The molecule has 0 aliphatic rings. The molecule has 0 aromatic heterocycles. The minimum atomic E-state index is -4.35. The summed E-state index contributed by atoms with van der Waals surface area (Å²) in [6.45, 7) is -0.469. The lowest BCUT2D eigenvalue weighted by molar-refractivity contribution is -0.136.